The number of hydrogen-bond donors (Lipinski definition) is 1. The number of nitrogens with one attached hydrogen (secondary N) is 1. The standard InChI is InChI=1S/C28H45NO9Si/c1-26(2,3)39(8,9)38-21-18-34-27(4,5)33-17-20(23-24(21)37-28(6,7)36-23)35-22(30)15-29-25(31)32-16-19-13-11-10-12-14-19/h10-14,20-21,23-24H,15-18H2,1-9H3,(H,29,31)/t20-,21-,23+,24+/m1/s1. The monoisotopic (exact) mass is 567 g/mol. The van der Waals surface area contributed by atoms with Gasteiger partial charge in [0.05, 0.1) is 19.3 Å². The zero-order valence-electron chi connectivity index (χ0n) is 24.7. The molecule has 1 aromatic carbocycles. The van der Waals surface area contributed by atoms with E-state index in [2.05, 4.69) is 39.2 Å². The average Bonchev–Trinajstić information content (AvgIpc) is 3.17. The molecule has 10 nitrogen and oxygen atoms in total. The first-order chi connectivity index (χ1) is 18.0. The molecule has 2 aliphatic heterocycles. The molecule has 3 rings (SSSR count). The Bertz CT molecular complexity index is 975. The van der Waals surface area contributed by atoms with E-state index in [4.69, 9.17) is 32.8 Å². The third kappa shape index (κ3) is 8.99. The quantitative estimate of drug-likeness (QED) is 0.376. The van der Waals surface area contributed by atoms with E-state index in [-0.39, 0.29) is 31.4 Å². The van der Waals surface area contributed by atoms with Gasteiger partial charge in [0.15, 0.2) is 26.0 Å². The van der Waals surface area contributed by atoms with E-state index in [1.54, 1.807) is 13.8 Å². The van der Waals surface area contributed by atoms with Crippen LogP contribution in [0.5, 0.6) is 0 Å². The molecule has 220 valence electrons. The summed E-state index contributed by atoms with van der Waals surface area (Å²) in [5.74, 6) is -2.57. The Labute approximate surface area is 233 Å². The van der Waals surface area contributed by atoms with Crippen LogP contribution < -0.4 is 5.32 Å². The second kappa shape index (κ2) is 12.2. The lowest BCUT2D eigenvalue weighted by atomic mass is 10.0. The lowest BCUT2D eigenvalue weighted by molar-refractivity contribution is -0.242. The molecule has 1 aromatic rings. The Morgan fingerprint density at radius 2 is 1.51 bits per heavy atom. The van der Waals surface area contributed by atoms with E-state index in [0.717, 1.165) is 5.56 Å². The van der Waals surface area contributed by atoms with Crippen LogP contribution in [-0.2, 0) is 44.2 Å². The highest BCUT2D eigenvalue weighted by molar-refractivity contribution is 6.74. The van der Waals surface area contributed by atoms with Crippen molar-refractivity contribution in [3.8, 4) is 0 Å². The van der Waals surface area contributed by atoms with Crippen molar-refractivity contribution in [3.63, 3.8) is 0 Å². The predicted molar refractivity (Wildman–Crippen MR) is 146 cm³/mol. The molecule has 2 heterocycles. The van der Waals surface area contributed by atoms with Crippen LogP contribution in [0.4, 0.5) is 4.79 Å². The van der Waals surface area contributed by atoms with Gasteiger partial charge in [-0.2, -0.15) is 0 Å². The van der Waals surface area contributed by atoms with Crippen LogP contribution in [0.1, 0.15) is 54.0 Å². The minimum atomic E-state index is -2.24. The second-order valence-electron chi connectivity index (χ2n) is 12.4. The van der Waals surface area contributed by atoms with Crippen molar-refractivity contribution in [2.24, 2.45) is 0 Å². The van der Waals surface area contributed by atoms with Crippen LogP contribution in [0.15, 0.2) is 30.3 Å². The summed E-state index contributed by atoms with van der Waals surface area (Å²) in [6.45, 7) is 18.0. The number of amides is 1. The van der Waals surface area contributed by atoms with Gasteiger partial charge in [0.25, 0.3) is 0 Å². The SMILES string of the molecule is CC1(C)OC[C@@H](OC(=O)CNC(=O)OCc2ccccc2)[C@@H]2OC(C)(C)O[C@H]2[C@H](O[Si](C)(C)C(C)(C)C)CO1. The molecule has 39 heavy (non-hydrogen) atoms. The van der Waals surface area contributed by atoms with E-state index >= 15 is 0 Å². The second-order valence-corrected chi connectivity index (χ2v) is 17.2. The molecular weight excluding hydrogens is 522 g/mol. The smallest absolute Gasteiger partial charge is 0.407 e. The molecule has 2 aliphatic rings. The number of esters is 1. The van der Waals surface area contributed by atoms with Crippen molar-refractivity contribution in [3.05, 3.63) is 35.9 Å². The number of carbonyl (C=O) groups is 2. The van der Waals surface area contributed by atoms with Crippen LogP contribution >= 0.6 is 0 Å². The maximum Gasteiger partial charge on any atom is 0.407 e. The molecule has 0 unspecified atom stereocenters. The fourth-order valence-electron chi connectivity index (χ4n) is 4.08. The molecule has 0 bridgehead atoms. The Hall–Kier alpha value is -2.02. The van der Waals surface area contributed by atoms with E-state index < -0.39 is 56.4 Å². The Morgan fingerprint density at radius 1 is 0.949 bits per heavy atom. The molecule has 0 aliphatic carbocycles. The van der Waals surface area contributed by atoms with Crippen LogP contribution in [-0.4, -0.2) is 76.1 Å². The van der Waals surface area contributed by atoms with Gasteiger partial charge < -0.3 is 38.2 Å². The highest BCUT2D eigenvalue weighted by Crippen LogP contribution is 2.41. The zero-order valence-corrected chi connectivity index (χ0v) is 25.7. The Balaban J connectivity index is 1.71. The third-order valence-corrected chi connectivity index (χ3v) is 11.7. The number of alkyl carbamates (subject to hydrolysis) is 1. The number of hydrogen-bond acceptors (Lipinski definition) is 9. The van der Waals surface area contributed by atoms with E-state index in [9.17, 15) is 9.59 Å². The van der Waals surface area contributed by atoms with Gasteiger partial charge in [-0.1, -0.05) is 51.1 Å². The van der Waals surface area contributed by atoms with E-state index in [1.807, 2.05) is 44.2 Å². The number of rotatable bonds is 7. The lowest BCUT2D eigenvalue weighted by Crippen LogP contribution is -2.53. The van der Waals surface area contributed by atoms with Crippen molar-refractivity contribution in [1.82, 2.24) is 5.32 Å². The molecule has 0 aromatic heterocycles. The van der Waals surface area contributed by atoms with Gasteiger partial charge in [-0.25, -0.2) is 4.79 Å². The first-order valence-electron chi connectivity index (χ1n) is 13.4. The van der Waals surface area contributed by atoms with Crippen molar-refractivity contribution in [2.75, 3.05) is 19.8 Å². The molecule has 11 heteroatoms. The van der Waals surface area contributed by atoms with Crippen LogP contribution in [0, 0.1) is 0 Å². The van der Waals surface area contributed by atoms with Crippen molar-refractivity contribution >= 4 is 20.4 Å². The molecule has 2 fully saturated rings. The van der Waals surface area contributed by atoms with Gasteiger partial charge in [0, 0.05) is 0 Å². The first kappa shape index (κ1) is 31.5. The van der Waals surface area contributed by atoms with Crippen LogP contribution in [0.2, 0.25) is 18.1 Å². The van der Waals surface area contributed by atoms with Crippen LogP contribution in [0.3, 0.4) is 0 Å². The van der Waals surface area contributed by atoms with Crippen LogP contribution in [0.25, 0.3) is 0 Å². The first-order valence-corrected chi connectivity index (χ1v) is 16.3. The molecule has 1 N–H and O–H groups in total. The number of benzene rings is 1. The summed E-state index contributed by atoms with van der Waals surface area (Å²) in [5.41, 5.74) is 0.837. The molecular formula is C28H45NO9Si. The van der Waals surface area contributed by atoms with Crippen molar-refractivity contribution in [2.45, 2.75) is 109 Å². The summed E-state index contributed by atoms with van der Waals surface area (Å²) in [7, 11) is -2.24. The van der Waals surface area contributed by atoms with Gasteiger partial charge in [0.2, 0.25) is 0 Å². The minimum absolute atomic E-state index is 0.00458. The predicted octanol–water partition coefficient (Wildman–Crippen LogP) is 4.52. The summed E-state index contributed by atoms with van der Waals surface area (Å²) in [4.78, 5) is 25.0. The van der Waals surface area contributed by atoms with Gasteiger partial charge in [-0.3, -0.25) is 4.79 Å². The van der Waals surface area contributed by atoms with Crippen molar-refractivity contribution in [1.29, 1.82) is 0 Å². The minimum Gasteiger partial charge on any atom is -0.456 e. The fourth-order valence-corrected chi connectivity index (χ4v) is 5.39. The third-order valence-electron chi connectivity index (χ3n) is 7.21. The Morgan fingerprint density at radius 3 is 2.10 bits per heavy atom. The average molecular weight is 568 g/mol. The van der Waals surface area contributed by atoms with E-state index in [0.29, 0.717) is 0 Å². The molecule has 2 saturated heterocycles. The largest absolute Gasteiger partial charge is 0.456 e. The maximum absolute atomic E-state index is 12.8. The summed E-state index contributed by atoms with van der Waals surface area (Å²) < 4.78 is 42.5. The van der Waals surface area contributed by atoms with Crippen molar-refractivity contribution < 1.29 is 42.4 Å². The lowest BCUT2D eigenvalue weighted by Gasteiger charge is -2.41. The Kier molecular flexibility index (Phi) is 9.88. The molecule has 0 saturated carbocycles. The molecule has 4 atom stereocenters. The fraction of sp³-hybridized carbons (Fsp3) is 0.714. The van der Waals surface area contributed by atoms with Gasteiger partial charge >= 0.3 is 12.1 Å². The molecule has 0 spiro atoms. The highest BCUT2D eigenvalue weighted by atomic mass is 28.4. The summed E-state index contributed by atoms with van der Waals surface area (Å²) in [5, 5.41) is 2.39. The van der Waals surface area contributed by atoms with Gasteiger partial charge in [-0.15, -0.1) is 0 Å². The maximum atomic E-state index is 12.8. The number of fused-ring (bicyclic) bond motifs is 1. The van der Waals surface area contributed by atoms with E-state index in [1.165, 1.54) is 0 Å². The van der Waals surface area contributed by atoms with Gasteiger partial charge in [-0.05, 0) is 51.4 Å². The zero-order chi connectivity index (χ0) is 29.1. The topological polar surface area (TPSA) is 111 Å². The summed E-state index contributed by atoms with van der Waals surface area (Å²) in [6, 6.07) is 9.26. The molecule has 0 radical (unpaired) electrons. The van der Waals surface area contributed by atoms with Gasteiger partial charge in [0.1, 0.15) is 25.4 Å². The summed E-state index contributed by atoms with van der Waals surface area (Å²) >= 11 is 0. The highest BCUT2D eigenvalue weighted by Gasteiger charge is 2.53. The normalized spacial score (nSPS) is 26.9. The number of carbonyl (C=O) groups excluding carboxylic acids is 2. The number of ether oxygens (including phenoxy) is 6. The summed E-state index contributed by atoms with van der Waals surface area (Å²) in [6.07, 6.45) is -3.29. The molecule has 1 amide bonds.